The van der Waals surface area contributed by atoms with E-state index >= 15 is 0 Å². The van der Waals surface area contributed by atoms with E-state index in [1.165, 1.54) is 29.2 Å². The number of imide groups is 1. The summed E-state index contributed by atoms with van der Waals surface area (Å²) < 4.78 is 20.4. The van der Waals surface area contributed by atoms with Gasteiger partial charge < -0.3 is 19.9 Å². The van der Waals surface area contributed by atoms with Gasteiger partial charge in [-0.2, -0.15) is 0 Å². The van der Waals surface area contributed by atoms with Crippen LogP contribution in [0.4, 0.5) is 10.1 Å². The third-order valence-electron chi connectivity index (χ3n) is 8.71. The number of aromatic hydroxyl groups is 1. The third-order valence-corrected chi connectivity index (χ3v) is 8.71. The van der Waals surface area contributed by atoms with Crippen molar-refractivity contribution in [3.05, 3.63) is 101 Å². The molecule has 0 saturated carbocycles. The number of ether oxygens (including phenoxy) is 1. The van der Waals surface area contributed by atoms with E-state index in [0.29, 0.717) is 37.1 Å². The second kappa shape index (κ2) is 11.3. The molecule has 0 radical (unpaired) electrons. The van der Waals surface area contributed by atoms with Crippen molar-refractivity contribution in [2.75, 3.05) is 11.5 Å². The summed E-state index contributed by atoms with van der Waals surface area (Å²) in [6, 6.07) is 20.4. The zero-order valence-electron chi connectivity index (χ0n) is 23.1. The molecule has 2 heterocycles. The summed E-state index contributed by atoms with van der Waals surface area (Å²) in [5.74, 6) is -2.86. The molecule has 2 aliphatic heterocycles. The van der Waals surface area contributed by atoms with Gasteiger partial charge in [-0.3, -0.25) is 14.5 Å². The van der Waals surface area contributed by atoms with Gasteiger partial charge in [-0.05, 0) is 78.2 Å². The highest BCUT2D eigenvalue weighted by molar-refractivity contribution is 6.58. The van der Waals surface area contributed by atoms with E-state index in [4.69, 9.17) is 4.74 Å². The Hall–Kier alpha value is -4.05. The number of nitrogens with zero attached hydrogens (tertiary/aromatic N) is 1. The second-order valence-corrected chi connectivity index (χ2v) is 11.3. The predicted octanol–water partition coefficient (Wildman–Crippen LogP) is 4.07. The quantitative estimate of drug-likeness (QED) is 0.172. The molecular weight excluding hydrogens is 536 g/mol. The molecule has 2 saturated heterocycles. The fraction of sp³-hybridized carbons (Fsp3) is 0.273. The van der Waals surface area contributed by atoms with Gasteiger partial charge in [0, 0.05) is 5.92 Å². The normalized spacial score (nSPS) is 23.8. The van der Waals surface area contributed by atoms with Crippen molar-refractivity contribution in [3.8, 4) is 5.75 Å². The Morgan fingerprint density at radius 2 is 1.81 bits per heavy atom. The van der Waals surface area contributed by atoms with Gasteiger partial charge in [-0.15, -0.1) is 0 Å². The standard InChI is InChI=1S/C33H31BFNO6/c1-19-14-25-31(33(39)36(32(25)38)24-9-5-8-23(17-24)34(40)41)26-18-42-29(30(19)26)13-11-22(21-6-3-2-4-7-21)15-20-10-12-28(37)27(35)16-20/h2-10,12,15-17,25-26,29,31,37,40-41H,11,13-14,18H2,1H3/b22-15-/t25-,26+,29-,31-/m1/s1. The molecule has 2 amide bonds. The van der Waals surface area contributed by atoms with Gasteiger partial charge in [-0.25, -0.2) is 4.39 Å². The molecule has 0 aromatic heterocycles. The summed E-state index contributed by atoms with van der Waals surface area (Å²) in [5, 5.41) is 28.8. The number of halogens is 1. The largest absolute Gasteiger partial charge is 0.505 e. The highest BCUT2D eigenvalue weighted by Crippen LogP contribution is 2.50. The molecule has 1 aliphatic carbocycles. The van der Waals surface area contributed by atoms with E-state index in [1.807, 2.05) is 43.3 Å². The minimum atomic E-state index is -1.71. The van der Waals surface area contributed by atoms with Gasteiger partial charge in [-0.1, -0.05) is 60.2 Å². The summed E-state index contributed by atoms with van der Waals surface area (Å²) >= 11 is 0. The Balaban J connectivity index is 1.24. The maximum absolute atomic E-state index is 14.1. The average molecular weight is 567 g/mol. The van der Waals surface area contributed by atoms with Gasteiger partial charge in [0.05, 0.1) is 30.2 Å². The number of carbonyl (C=O) groups excluding carboxylic acids is 2. The highest BCUT2D eigenvalue weighted by atomic mass is 19.1. The van der Waals surface area contributed by atoms with Crippen LogP contribution in [-0.2, 0) is 14.3 Å². The molecule has 3 aromatic rings. The van der Waals surface area contributed by atoms with Gasteiger partial charge in [0.15, 0.2) is 11.6 Å². The first-order valence-electron chi connectivity index (χ1n) is 14.1. The maximum Gasteiger partial charge on any atom is 0.488 e. The zero-order valence-corrected chi connectivity index (χ0v) is 23.1. The number of allylic oxidation sites excluding steroid dienone is 2. The summed E-state index contributed by atoms with van der Waals surface area (Å²) in [6.07, 6.45) is 3.43. The van der Waals surface area contributed by atoms with Gasteiger partial charge >= 0.3 is 7.12 Å². The minimum absolute atomic E-state index is 0.208. The van der Waals surface area contributed by atoms with Crippen LogP contribution in [0.25, 0.3) is 11.6 Å². The molecule has 0 bridgehead atoms. The van der Waals surface area contributed by atoms with E-state index in [-0.39, 0.29) is 29.3 Å². The number of carbonyl (C=O) groups is 2. The molecule has 3 N–H and O–H groups in total. The predicted molar refractivity (Wildman–Crippen MR) is 158 cm³/mol. The van der Waals surface area contributed by atoms with Crippen molar-refractivity contribution < 1.29 is 33.9 Å². The van der Waals surface area contributed by atoms with E-state index < -0.39 is 30.5 Å². The smallest absolute Gasteiger partial charge is 0.488 e. The first-order chi connectivity index (χ1) is 20.2. The average Bonchev–Trinajstić information content (AvgIpc) is 3.52. The van der Waals surface area contributed by atoms with Crippen molar-refractivity contribution in [2.24, 2.45) is 17.8 Å². The SMILES string of the molecule is CC1=C2[C@@H](CC/C(=C/c3ccc(O)c(F)c3)c3ccccc3)OC[C@@H]2[C@@H]2C(=O)N(c3cccc(B(O)O)c3)C(=O)[C@@H]2C1. The molecule has 0 unspecified atom stereocenters. The number of amides is 2. The van der Waals surface area contributed by atoms with Crippen molar-refractivity contribution in [1.82, 2.24) is 0 Å². The number of hydrogen-bond acceptors (Lipinski definition) is 6. The number of rotatable bonds is 7. The lowest BCUT2D eigenvalue weighted by Gasteiger charge is -2.30. The molecule has 214 valence electrons. The Labute approximate surface area is 243 Å². The van der Waals surface area contributed by atoms with E-state index in [2.05, 4.69) is 0 Å². The van der Waals surface area contributed by atoms with Crippen molar-refractivity contribution >= 4 is 41.7 Å². The molecule has 6 rings (SSSR count). The molecule has 42 heavy (non-hydrogen) atoms. The molecule has 3 aromatic carbocycles. The van der Waals surface area contributed by atoms with E-state index in [0.717, 1.165) is 22.3 Å². The van der Waals surface area contributed by atoms with Crippen LogP contribution < -0.4 is 10.4 Å². The van der Waals surface area contributed by atoms with Gasteiger partial charge in [0.25, 0.3) is 0 Å². The fourth-order valence-corrected chi connectivity index (χ4v) is 6.76. The first-order valence-corrected chi connectivity index (χ1v) is 14.1. The van der Waals surface area contributed by atoms with Crippen LogP contribution in [0.1, 0.15) is 37.3 Å². The summed E-state index contributed by atoms with van der Waals surface area (Å²) in [4.78, 5) is 28.4. The molecule has 9 heteroatoms. The second-order valence-electron chi connectivity index (χ2n) is 11.3. The number of phenols is 1. The van der Waals surface area contributed by atoms with E-state index in [9.17, 15) is 29.1 Å². The summed E-state index contributed by atoms with van der Waals surface area (Å²) in [5.41, 5.74) is 5.32. The highest BCUT2D eigenvalue weighted by Gasteiger charge is 2.56. The monoisotopic (exact) mass is 567 g/mol. The summed E-state index contributed by atoms with van der Waals surface area (Å²) in [6.45, 7) is 2.35. The van der Waals surface area contributed by atoms with Crippen LogP contribution in [0.2, 0.25) is 0 Å². The number of benzene rings is 3. The first kappa shape index (κ1) is 28.1. The van der Waals surface area contributed by atoms with Crippen LogP contribution >= 0.6 is 0 Å². The Morgan fingerprint density at radius 1 is 1.02 bits per heavy atom. The lowest BCUT2D eigenvalue weighted by atomic mass is 9.70. The Kier molecular flexibility index (Phi) is 7.57. The Bertz CT molecular complexity index is 1600. The van der Waals surface area contributed by atoms with Crippen molar-refractivity contribution in [2.45, 2.75) is 32.3 Å². The van der Waals surface area contributed by atoms with Crippen LogP contribution in [0, 0.1) is 23.6 Å². The molecule has 3 aliphatic rings. The topological polar surface area (TPSA) is 107 Å². The lowest BCUT2D eigenvalue weighted by molar-refractivity contribution is -0.122. The Morgan fingerprint density at radius 3 is 2.55 bits per heavy atom. The van der Waals surface area contributed by atoms with Crippen molar-refractivity contribution in [1.29, 1.82) is 0 Å². The summed E-state index contributed by atoms with van der Waals surface area (Å²) in [7, 11) is -1.71. The van der Waals surface area contributed by atoms with Crippen LogP contribution in [0.3, 0.4) is 0 Å². The maximum atomic E-state index is 14.1. The minimum Gasteiger partial charge on any atom is -0.505 e. The van der Waals surface area contributed by atoms with Crippen molar-refractivity contribution in [3.63, 3.8) is 0 Å². The van der Waals surface area contributed by atoms with Crippen LogP contribution in [0.15, 0.2) is 83.9 Å². The molecular formula is C33H31BFNO6. The van der Waals surface area contributed by atoms with Crippen LogP contribution in [0.5, 0.6) is 5.75 Å². The molecule has 0 spiro atoms. The fourth-order valence-electron chi connectivity index (χ4n) is 6.76. The third kappa shape index (κ3) is 5.08. The molecule has 4 atom stereocenters. The lowest BCUT2D eigenvalue weighted by Crippen LogP contribution is -2.35. The van der Waals surface area contributed by atoms with Gasteiger partial charge in [0.1, 0.15) is 0 Å². The van der Waals surface area contributed by atoms with Gasteiger partial charge in [0.2, 0.25) is 11.8 Å². The number of phenolic OH excluding ortho intramolecular Hbond substituents is 1. The van der Waals surface area contributed by atoms with E-state index in [1.54, 1.807) is 18.2 Å². The number of anilines is 1. The molecule has 2 fully saturated rings. The number of fused-ring (bicyclic) bond motifs is 3. The van der Waals surface area contributed by atoms with Crippen LogP contribution in [-0.4, -0.2) is 46.8 Å². The molecule has 7 nitrogen and oxygen atoms in total. The zero-order chi connectivity index (χ0) is 29.5. The number of hydrogen-bond donors (Lipinski definition) is 3.